The Labute approximate surface area is 91.4 Å². The van der Waals surface area contributed by atoms with Gasteiger partial charge in [-0.2, -0.15) is 13.2 Å². The summed E-state index contributed by atoms with van der Waals surface area (Å²) in [6.45, 7) is 0.790. The lowest BCUT2D eigenvalue weighted by molar-refractivity contribution is -0.162. The molecule has 0 aromatic heterocycles. The Morgan fingerprint density at radius 1 is 1.33 bits per heavy atom. The molecule has 0 aliphatic carbocycles. The minimum atomic E-state index is -4.40. The predicted molar refractivity (Wildman–Crippen MR) is 50.7 cm³/mol. The van der Waals surface area contributed by atoms with Crippen LogP contribution in [0.4, 0.5) is 13.2 Å². The van der Waals surface area contributed by atoms with Gasteiger partial charge < -0.3 is 4.90 Å². The molecule has 1 heterocycles. The van der Waals surface area contributed by atoms with E-state index < -0.39 is 18.5 Å². The van der Waals surface area contributed by atoms with E-state index in [9.17, 15) is 18.0 Å². The number of piperidine rings is 1. The summed E-state index contributed by atoms with van der Waals surface area (Å²) in [5.41, 5.74) is 0. The van der Waals surface area contributed by atoms with E-state index in [4.69, 9.17) is 11.6 Å². The van der Waals surface area contributed by atoms with E-state index >= 15 is 0 Å². The van der Waals surface area contributed by atoms with Gasteiger partial charge in [0, 0.05) is 19.0 Å². The minimum absolute atomic E-state index is 0.335. The smallest absolute Gasteiger partial charge is 0.342 e. The Hall–Kier alpha value is -0.450. The van der Waals surface area contributed by atoms with Crippen molar-refractivity contribution in [3.05, 3.63) is 0 Å². The van der Waals surface area contributed by atoms with E-state index in [2.05, 4.69) is 0 Å². The zero-order valence-electron chi connectivity index (χ0n) is 8.19. The van der Waals surface area contributed by atoms with Crippen LogP contribution in [0.25, 0.3) is 0 Å². The number of likely N-dealkylation sites (tertiary alicyclic amines) is 1. The minimum Gasteiger partial charge on any atom is -0.342 e. The van der Waals surface area contributed by atoms with Gasteiger partial charge in [0.25, 0.3) is 0 Å². The Morgan fingerprint density at radius 2 is 1.87 bits per heavy atom. The van der Waals surface area contributed by atoms with E-state index in [1.165, 1.54) is 4.90 Å². The highest BCUT2D eigenvalue weighted by molar-refractivity contribution is 6.18. The molecule has 0 aromatic rings. The van der Waals surface area contributed by atoms with Crippen molar-refractivity contribution in [1.29, 1.82) is 0 Å². The Kier molecular flexibility index (Phi) is 4.25. The SMILES string of the molecule is O=C(CC(F)(F)F)N1CCC(CCl)CC1. The molecular formula is C9H13ClF3NO. The Morgan fingerprint density at radius 3 is 2.27 bits per heavy atom. The first kappa shape index (κ1) is 12.6. The molecule has 0 saturated carbocycles. The van der Waals surface area contributed by atoms with Crippen LogP contribution in [0.1, 0.15) is 19.3 Å². The summed E-state index contributed by atoms with van der Waals surface area (Å²) in [6, 6.07) is 0. The third kappa shape index (κ3) is 4.28. The quantitative estimate of drug-likeness (QED) is 0.682. The molecule has 1 amide bonds. The summed E-state index contributed by atoms with van der Waals surface area (Å²) in [4.78, 5) is 12.5. The van der Waals surface area contributed by atoms with Gasteiger partial charge in [-0.3, -0.25) is 4.79 Å². The van der Waals surface area contributed by atoms with Gasteiger partial charge in [-0.1, -0.05) is 0 Å². The van der Waals surface area contributed by atoms with Crippen LogP contribution in [-0.4, -0.2) is 36.0 Å². The van der Waals surface area contributed by atoms with Gasteiger partial charge >= 0.3 is 6.18 Å². The standard InChI is InChI=1S/C9H13ClF3NO/c10-6-7-1-3-14(4-2-7)8(15)5-9(11,12)13/h7H,1-6H2. The van der Waals surface area contributed by atoms with Crippen LogP contribution in [-0.2, 0) is 4.79 Å². The van der Waals surface area contributed by atoms with Crippen molar-refractivity contribution in [3.63, 3.8) is 0 Å². The third-order valence-electron chi connectivity index (χ3n) is 2.54. The molecule has 1 fully saturated rings. The largest absolute Gasteiger partial charge is 0.397 e. The fourth-order valence-corrected chi connectivity index (χ4v) is 1.93. The Balaban J connectivity index is 2.37. The van der Waals surface area contributed by atoms with Gasteiger partial charge in [0.15, 0.2) is 0 Å². The van der Waals surface area contributed by atoms with Crippen LogP contribution in [0.5, 0.6) is 0 Å². The van der Waals surface area contributed by atoms with Gasteiger partial charge in [-0.05, 0) is 18.8 Å². The first-order valence-corrected chi connectivity index (χ1v) is 5.36. The van der Waals surface area contributed by atoms with Crippen LogP contribution in [0.2, 0.25) is 0 Å². The highest BCUT2D eigenvalue weighted by atomic mass is 35.5. The first-order valence-electron chi connectivity index (χ1n) is 4.83. The van der Waals surface area contributed by atoms with Gasteiger partial charge in [0.2, 0.25) is 5.91 Å². The molecule has 0 spiro atoms. The molecule has 0 aromatic carbocycles. The van der Waals surface area contributed by atoms with Crippen molar-refractivity contribution < 1.29 is 18.0 Å². The molecule has 1 aliphatic rings. The van der Waals surface area contributed by atoms with E-state index in [0.29, 0.717) is 37.7 Å². The van der Waals surface area contributed by atoms with Crippen molar-refractivity contribution in [2.24, 2.45) is 5.92 Å². The number of carbonyl (C=O) groups is 1. The molecule has 0 radical (unpaired) electrons. The molecule has 1 rings (SSSR count). The highest BCUT2D eigenvalue weighted by Gasteiger charge is 2.34. The van der Waals surface area contributed by atoms with Crippen LogP contribution >= 0.6 is 11.6 Å². The van der Waals surface area contributed by atoms with Crippen molar-refractivity contribution in [1.82, 2.24) is 4.90 Å². The maximum Gasteiger partial charge on any atom is 0.397 e. The number of hydrogen-bond acceptors (Lipinski definition) is 1. The summed E-state index contributed by atoms with van der Waals surface area (Å²) < 4.78 is 35.8. The third-order valence-corrected chi connectivity index (χ3v) is 2.97. The van der Waals surface area contributed by atoms with Crippen LogP contribution < -0.4 is 0 Å². The normalized spacial score (nSPS) is 19.3. The first-order chi connectivity index (χ1) is 6.92. The number of amides is 1. The van der Waals surface area contributed by atoms with Gasteiger partial charge in [-0.15, -0.1) is 11.6 Å². The molecule has 0 unspecified atom stereocenters. The summed E-state index contributed by atoms with van der Waals surface area (Å²) in [7, 11) is 0. The van der Waals surface area contributed by atoms with Crippen LogP contribution in [0, 0.1) is 5.92 Å². The zero-order chi connectivity index (χ0) is 11.5. The van der Waals surface area contributed by atoms with Crippen molar-refractivity contribution in [3.8, 4) is 0 Å². The maximum absolute atomic E-state index is 11.9. The van der Waals surface area contributed by atoms with Crippen molar-refractivity contribution >= 4 is 17.5 Å². The fourth-order valence-electron chi connectivity index (χ4n) is 1.62. The van der Waals surface area contributed by atoms with E-state index in [-0.39, 0.29) is 0 Å². The lowest BCUT2D eigenvalue weighted by atomic mass is 9.99. The number of rotatable bonds is 2. The molecule has 0 atom stereocenters. The average Bonchev–Trinajstić information content (AvgIpc) is 2.15. The number of nitrogens with zero attached hydrogens (tertiary/aromatic N) is 1. The van der Waals surface area contributed by atoms with E-state index in [0.717, 1.165) is 0 Å². The molecule has 15 heavy (non-hydrogen) atoms. The molecule has 1 aliphatic heterocycles. The fraction of sp³-hybridized carbons (Fsp3) is 0.889. The summed E-state index contributed by atoms with van der Waals surface area (Å²) in [5.74, 6) is 0.0264. The van der Waals surface area contributed by atoms with Crippen molar-refractivity contribution in [2.75, 3.05) is 19.0 Å². The Bertz CT molecular complexity index is 224. The molecule has 1 saturated heterocycles. The summed E-state index contributed by atoms with van der Waals surface area (Å²) in [5, 5.41) is 0. The molecular weight excluding hydrogens is 231 g/mol. The number of halogens is 4. The second-order valence-electron chi connectivity index (χ2n) is 3.77. The molecule has 0 bridgehead atoms. The van der Waals surface area contributed by atoms with Gasteiger partial charge in [-0.25, -0.2) is 0 Å². The topological polar surface area (TPSA) is 20.3 Å². The second-order valence-corrected chi connectivity index (χ2v) is 4.08. The highest BCUT2D eigenvalue weighted by Crippen LogP contribution is 2.24. The van der Waals surface area contributed by atoms with Gasteiger partial charge in [0.05, 0.1) is 0 Å². The number of hydrogen-bond donors (Lipinski definition) is 0. The molecule has 6 heteroatoms. The molecule has 2 nitrogen and oxygen atoms in total. The number of alkyl halides is 4. The van der Waals surface area contributed by atoms with E-state index in [1.807, 2.05) is 0 Å². The lowest BCUT2D eigenvalue weighted by Crippen LogP contribution is -2.40. The van der Waals surface area contributed by atoms with Crippen LogP contribution in [0.15, 0.2) is 0 Å². The summed E-state index contributed by atoms with van der Waals surface area (Å²) >= 11 is 5.63. The lowest BCUT2D eigenvalue weighted by Gasteiger charge is -2.31. The van der Waals surface area contributed by atoms with Crippen LogP contribution in [0.3, 0.4) is 0 Å². The average molecular weight is 244 g/mol. The van der Waals surface area contributed by atoms with Gasteiger partial charge in [0.1, 0.15) is 6.42 Å². The predicted octanol–water partition coefficient (Wildman–Crippen LogP) is 2.42. The molecule has 0 N–H and O–H groups in total. The maximum atomic E-state index is 11.9. The zero-order valence-corrected chi connectivity index (χ0v) is 8.94. The second kappa shape index (κ2) is 5.05. The number of carbonyl (C=O) groups excluding carboxylic acids is 1. The van der Waals surface area contributed by atoms with Crippen molar-refractivity contribution in [2.45, 2.75) is 25.4 Å². The molecule has 88 valence electrons. The summed E-state index contributed by atoms with van der Waals surface area (Å²) in [6.07, 6.45) is -4.35. The van der Waals surface area contributed by atoms with E-state index in [1.54, 1.807) is 0 Å². The monoisotopic (exact) mass is 243 g/mol.